The predicted octanol–water partition coefficient (Wildman–Crippen LogP) is 3.68. The largest absolute Gasteiger partial charge is 0.386 e. The second kappa shape index (κ2) is 8.67. The minimum atomic E-state index is -0.316. The van der Waals surface area contributed by atoms with Crippen molar-refractivity contribution in [1.82, 2.24) is 4.90 Å². The van der Waals surface area contributed by atoms with Gasteiger partial charge in [0.1, 0.15) is 6.10 Å². The van der Waals surface area contributed by atoms with Crippen molar-refractivity contribution in [3.8, 4) is 0 Å². The Morgan fingerprint density at radius 1 is 1.24 bits per heavy atom. The van der Waals surface area contributed by atoms with Crippen LogP contribution < -0.4 is 0 Å². The quantitative estimate of drug-likeness (QED) is 0.727. The van der Waals surface area contributed by atoms with Crippen LogP contribution in [0.2, 0.25) is 0 Å². The van der Waals surface area contributed by atoms with Crippen LogP contribution >= 0.6 is 11.3 Å². The predicted molar refractivity (Wildman–Crippen MR) is 75.5 cm³/mol. The van der Waals surface area contributed by atoms with Gasteiger partial charge in [0.15, 0.2) is 0 Å². The Hall–Kier alpha value is -0.380. The van der Waals surface area contributed by atoms with Crippen LogP contribution in [0.25, 0.3) is 0 Å². The maximum absolute atomic E-state index is 10.1. The van der Waals surface area contributed by atoms with E-state index in [1.54, 1.807) is 11.3 Å². The molecule has 0 aromatic carbocycles. The number of hydrogen-bond acceptors (Lipinski definition) is 3. The molecule has 0 aliphatic rings. The molecule has 1 aromatic rings. The lowest BCUT2D eigenvalue weighted by Crippen LogP contribution is -2.30. The van der Waals surface area contributed by atoms with E-state index in [2.05, 4.69) is 18.7 Å². The number of nitrogens with zero attached hydrogens (tertiary/aromatic N) is 1. The topological polar surface area (TPSA) is 23.5 Å². The van der Waals surface area contributed by atoms with Gasteiger partial charge in [-0.25, -0.2) is 0 Å². The van der Waals surface area contributed by atoms with Crippen molar-refractivity contribution in [3.05, 3.63) is 22.4 Å². The van der Waals surface area contributed by atoms with Crippen LogP contribution in [0, 0.1) is 0 Å². The highest BCUT2D eigenvalue weighted by atomic mass is 32.1. The number of hydrogen-bond donors (Lipinski definition) is 1. The van der Waals surface area contributed by atoms with Gasteiger partial charge in [0.05, 0.1) is 0 Å². The maximum atomic E-state index is 10.1. The molecule has 0 bridgehead atoms. The van der Waals surface area contributed by atoms with Gasteiger partial charge in [-0.2, -0.15) is 0 Å². The second-order valence-corrected chi connectivity index (χ2v) is 5.52. The standard InChI is InChI=1S/C14H25NOS/c1-3-5-9-15(10-6-4-2)12-13(16)14-8-7-11-17-14/h7-8,11,13,16H,3-6,9-10,12H2,1-2H3. The fourth-order valence-electron chi connectivity index (χ4n) is 1.87. The average molecular weight is 255 g/mol. The summed E-state index contributed by atoms with van der Waals surface area (Å²) in [5.41, 5.74) is 0. The maximum Gasteiger partial charge on any atom is 0.101 e. The summed E-state index contributed by atoms with van der Waals surface area (Å²) in [6.07, 6.45) is 4.57. The van der Waals surface area contributed by atoms with Crippen LogP contribution in [-0.2, 0) is 0 Å². The zero-order valence-corrected chi connectivity index (χ0v) is 11.9. The number of unbranched alkanes of at least 4 members (excludes halogenated alkanes) is 2. The molecule has 0 amide bonds. The van der Waals surface area contributed by atoms with Crippen molar-refractivity contribution in [2.24, 2.45) is 0 Å². The van der Waals surface area contributed by atoms with Crippen molar-refractivity contribution < 1.29 is 5.11 Å². The summed E-state index contributed by atoms with van der Waals surface area (Å²) in [5, 5.41) is 12.2. The Balaban J connectivity index is 2.40. The monoisotopic (exact) mass is 255 g/mol. The minimum absolute atomic E-state index is 0.316. The molecule has 0 aliphatic heterocycles. The Labute approximate surface area is 109 Å². The molecule has 0 aliphatic carbocycles. The minimum Gasteiger partial charge on any atom is -0.386 e. The molecule has 0 radical (unpaired) electrons. The third-order valence-electron chi connectivity index (χ3n) is 2.96. The molecule has 3 heteroatoms. The Bertz CT molecular complexity index is 266. The molecule has 1 rings (SSSR count). The van der Waals surface area contributed by atoms with Gasteiger partial charge in [0, 0.05) is 11.4 Å². The third kappa shape index (κ3) is 5.66. The SMILES string of the molecule is CCCCN(CCCC)CC(O)c1cccs1. The Morgan fingerprint density at radius 3 is 2.35 bits per heavy atom. The van der Waals surface area contributed by atoms with E-state index in [1.165, 1.54) is 25.7 Å². The fraction of sp³-hybridized carbons (Fsp3) is 0.714. The van der Waals surface area contributed by atoms with Gasteiger partial charge < -0.3 is 10.0 Å². The van der Waals surface area contributed by atoms with Crippen molar-refractivity contribution in [2.45, 2.75) is 45.6 Å². The summed E-state index contributed by atoms with van der Waals surface area (Å²) in [4.78, 5) is 3.49. The highest BCUT2D eigenvalue weighted by Crippen LogP contribution is 2.20. The molecule has 98 valence electrons. The number of aliphatic hydroxyl groups excluding tert-OH is 1. The lowest BCUT2D eigenvalue weighted by atomic mass is 10.2. The first-order valence-corrected chi connectivity index (χ1v) is 7.59. The van der Waals surface area contributed by atoms with E-state index in [9.17, 15) is 5.11 Å². The second-order valence-electron chi connectivity index (χ2n) is 4.54. The van der Waals surface area contributed by atoms with Crippen LogP contribution in [-0.4, -0.2) is 29.6 Å². The summed E-state index contributed by atoms with van der Waals surface area (Å²) in [7, 11) is 0. The first-order valence-electron chi connectivity index (χ1n) is 6.71. The van der Waals surface area contributed by atoms with E-state index in [1.807, 2.05) is 17.5 Å². The van der Waals surface area contributed by atoms with Gasteiger partial charge in [0.2, 0.25) is 0 Å². The van der Waals surface area contributed by atoms with Crippen LogP contribution in [0.5, 0.6) is 0 Å². The molecule has 0 saturated heterocycles. The molecule has 1 atom stereocenters. The van der Waals surface area contributed by atoms with E-state index in [-0.39, 0.29) is 6.10 Å². The van der Waals surface area contributed by atoms with Crippen LogP contribution in [0.1, 0.15) is 50.5 Å². The number of aliphatic hydroxyl groups is 1. The highest BCUT2D eigenvalue weighted by Gasteiger charge is 2.13. The van der Waals surface area contributed by atoms with E-state index in [4.69, 9.17) is 0 Å². The van der Waals surface area contributed by atoms with Gasteiger partial charge in [0.25, 0.3) is 0 Å². The summed E-state index contributed by atoms with van der Waals surface area (Å²) in [6, 6.07) is 4.03. The van der Waals surface area contributed by atoms with E-state index < -0.39 is 0 Å². The Morgan fingerprint density at radius 2 is 1.88 bits per heavy atom. The first-order chi connectivity index (χ1) is 8.27. The summed E-state index contributed by atoms with van der Waals surface area (Å²) < 4.78 is 0. The average Bonchev–Trinajstić information content (AvgIpc) is 2.86. The van der Waals surface area contributed by atoms with Crippen LogP contribution in [0.15, 0.2) is 17.5 Å². The van der Waals surface area contributed by atoms with Gasteiger partial charge in [-0.3, -0.25) is 0 Å². The molecular weight excluding hydrogens is 230 g/mol. The van der Waals surface area contributed by atoms with E-state index in [0.29, 0.717) is 0 Å². The Kier molecular flexibility index (Phi) is 7.49. The molecule has 1 N–H and O–H groups in total. The molecular formula is C14H25NOS. The van der Waals surface area contributed by atoms with Gasteiger partial charge in [-0.1, -0.05) is 32.8 Å². The molecule has 2 nitrogen and oxygen atoms in total. The summed E-state index contributed by atoms with van der Waals surface area (Å²) >= 11 is 1.64. The first kappa shape index (κ1) is 14.7. The van der Waals surface area contributed by atoms with E-state index >= 15 is 0 Å². The summed E-state index contributed by atoms with van der Waals surface area (Å²) in [6.45, 7) is 7.43. The zero-order chi connectivity index (χ0) is 12.5. The van der Waals surface area contributed by atoms with Crippen LogP contribution in [0.4, 0.5) is 0 Å². The lowest BCUT2D eigenvalue weighted by Gasteiger charge is -2.24. The fourth-order valence-corrected chi connectivity index (χ4v) is 2.58. The third-order valence-corrected chi connectivity index (χ3v) is 3.93. The molecule has 0 fully saturated rings. The van der Waals surface area contributed by atoms with Gasteiger partial charge in [-0.15, -0.1) is 11.3 Å². The lowest BCUT2D eigenvalue weighted by molar-refractivity contribution is 0.114. The van der Waals surface area contributed by atoms with Crippen molar-refractivity contribution in [3.63, 3.8) is 0 Å². The molecule has 1 heterocycles. The number of thiophene rings is 1. The number of rotatable bonds is 9. The molecule has 0 spiro atoms. The van der Waals surface area contributed by atoms with Crippen molar-refractivity contribution in [2.75, 3.05) is 19.6 Å². The van der Waals surface area contributed by atoms with Gasteiger partial charge >= 0.3 is 0 Å². The molecule has 1 aromatic heterocycles. The highest BCUT2D eigenvalue weighted by molar-refractivity contribution is 7.10. The van der Waals surface area contributed by atoms with E-state index in [0.717, 1.165) is 24.5 Å². The summed E-state index contributed by atoms with van der Waals surface area (Å²) in [5.74, 6) is 0. The van der Waals surface area contributed by atoms with Crippen molar-refractivity contribution in [1.29, 1.82) is 0 Å². The normalized spacial score (nSPS) is 13.2. The molecule has 0 saturated carbocycles. The smallest absolute Gasteiger partial charge is 0.101 e. The van der Waals surface area contributed by atoms with Crippen molar-refractivity contribution >= 4 is 11.3 Å². The van der Waals surface area contributed by atoms with Crippen LogP contribution in [0.3, 0.4) is 0 Å². The molecule has 1 unspecified atom stereocenters. The van der Waals surface area contributed by atoms with Gasteiger partial charge in [-0.05, 0) is 37.4 Å². The molecule has 17 heavy (non-hydrogen) atoms. The zero-order valence-electron chi connectivity index (χ0n) is 11.1.